The molecule has 0 fully saturated rings. The minimum atomic E-state index is -0.580. The lowest BCUT2D eigenvalue weighted by Gasteiger charge is -2.00. The van der Waals surface area contributed by atoms with Gasteiger partial charge in [0.15, 0.2) is 0 Å². The number of nitrogens with zero attached hydrogens (tertiary/aromatic N) is 5. The number of azide groups is 1. The zero-order valence-corrected chi connectivity index (χ0v) is 8.66. The number of carbonyl (C=O) groups excluding carboxylic acids is 1. The predicted octanol–water partition coefficient (Wildman–Crippen LogP) is 2.51. The maximum absolute atomic E-state index is 11.5. The van der Waals surface area contributed by atoms with Crippen LogP contribution in [-0.2, 0) is 6.54 Å². The molecule has 16 heavy (non-hydrogen) atoms. The van der Waals surface area contributed by atoms with Crippen LogP contribution in [0.4, 0.5) is 0 Å². The molecule has 2 aromatic heterocycles. The molecule has 0 radical (unpaired) electrons. The summed E-state index contributed by atoms with van der Waals surface area (Å²) in [5.74, 6) is -0.580. The van der Waals surface area contributed by atoms with E-state index in [1.807, 2.05) is 17.7 Å². The number of hydrogen-bond donors (Lipinski definition) is 0. The number of hydrogen-bond acceptors (Lipinski definition) is 2. The Balaban J connectivity index is 2.67. The normalized spacial score (nSPS) is 10.1. The van der Waals surface area contributed by atoms with Crippen molar-refractivity contribution in [3.05, 3.63) is 40.5 Å². The van der Waals surface area contributed by atoms with Gasteiger partial charge in [-0.3, -0.25) is 4.79 Å². The van der Waals surface area contributed by atoms with Crippen molar-refractivity contribution in [3.8, 4) is 0 Å². The van der Waals surface area contributed by atoms with Gasteiger partial charge in [0, 0.05) is 34.8 Å². The molecule has 6 nitrogen and oxygen atoms in total. The Bertz CT molecular complexity index is 594. The number of aromatic nitrogens is 2. The number of aryl methyl sites for hydroxylation is 1. The third-order valence-corrected chi connectivity index (χ3v) is 2.37. The van der Waals surface area contributed by atoms with Crippen molar-refractivity contribution in [2.24, 2.45) is 5.11 Å². The number of fused-ring (bicyclic) bond motifs is 1. The van der Waals surface area contributed by atoms with Gasteiger partial charge < -0.3 is 4.57 Å². The Morgan fingerprint density at radius 2 is 2.44 bits per heavy atom. The third-order valence-electron chi connectivity index (χ3n) is 2.37. The van der Waals surface area contributed by atoms with Crippen LogP contribution in [0, 0.1) is 0 Å². The van der Waals surface area contributed by atoms with Crippen LogP contribution in [0.15, 0.2) is 29.6 Å². The van der Waals surface area contributed by atoms with E-state index < -0.39 is 5.91 Å². The molecule has 1 amide bonds. The summed E-state index contributed by atoms with van der Waals surface area (Å²) >= 11 is 0. The van der Waals surface area contributed by atoms with E-state index in [9.17, 15) is 4.79 Å². The molecule has 0 unspecified atom stereocenters. The number of pyridine rings is 1. The van der Waals surface area contributed by atoms with Gasteiger partial charge in [-0.2, -0.15) is 0 Å². The SMILES string of the molecule is CCn1ccc2c(C(=O)N=[N+]=[N-])ccnc21. The van der Waals surface area contributed by atoms with Gasteiger partial charge in [0.25, 0.3) is 0 Å². The van der Waals surface area contributed by atoms with Crippen LogP contribution in [0.25, 0.3) is 21.5 Å². The molecule has 0 aromatic carbocycles. The van der Waals surface area contributed by atoms with Gasteiger partial charge in [0.2, 0.25) is 5.91 Å². The predicted molar refractivity (Wildman–Crippen MR) is 58.9 cm³/mol. The highest BCUT2D eigenvalue weighted by Gasteiger charge is 2.10. The first-order chi connectivity index (χ1) is 7.77. The van der Waals surface area contributed by atoms with Crippen LogP contribution in [0.5, 0.6) is 0 Å². The second kappa shape index (κ2) is 4.04. The summed E-state index contributed by atoms with van der Waals surface area (Å²) < 4.78 is 1.92. The number of carbonyl (C=O) groups is 1. The van der Waals surface area contributed by atoms with Gasteiger partial charge in [0.05, 0.1) is 0 Å². The fourth-order valence-electron chi connectivity index (χ4n) is 1.63. The summed E-state index contributed by atoms with van der Waals surface area (Å²) in [6.45, 7) is 2.76. The van der Waals surface area contributed by atoms with E-state index in [1.54, 1.807) is 12.1 Å². The summed E-state index contributed by atoms with van der Waals surface area (Å²) in [5.41, 5.74) is 9.35. The molecular weight excluding hydrogens is 206 g/mol. The van der Waals surface area contributed by atoms with Crippen LogP contribution >= 0.6 is 0 Å². The average Bonchev–Trinajstić information content (AvgIpc) is 2.71. The fraction of sp³-hybridized carbons (Fsp3) is 0.200. The summed E-state index contributed by atoms with van der Waals surface area (Å²) in [4.78, 5) is 18.2. The molecule has 0 aliphatic heterocycles. The Morgan fingerprint density at radius 1 is 1.62 bits per heavy atom. The molecule has 0 aliphatic rings. The molecular formula is C10H9N5O. The van der Waals surface area contributed by atoms with Gasteiger partial charge >= 0.3 is 0 Å². The molecule has 2 rings (SSSR count). The van der Waals surface area contributed by atoms with E-state index in [4.69, 9.17) is 5.53 Å². The van der Waals surface area contributed by atoms with Gasteiger partial charge in [-0.05, 0) is 29.7 Å². The van der Waals surface area contributed by atoms with Gasteiger partial charge in [0.1, 0.15) is 5.65 Å². The molecule has 0 bridgehead atoms. The lowest BCUT2D eigenvalue weighted by Crippen LogP contribution is -1.97. The molecule has 0 saturated heterocycles. The minimum Gasteiger partial charge on any atom is -0.333 e. The van der Waals surface area contributed by atoms with E-state index in [2.05, 4.69) is 15.0 Å². The van der Waals surface area contributed by atoms with E-state index >= 15 is 0 Å². The largest absolute Gasteiger partial charge is 0.333 e. The van der Waals surface area contributed by atoms with Crippen LogP contribution in [0.1, 0.15) is 17.3 Å². The summed E-state index contributed by atoms with van der Waals surface area (Å²) in [6.07, 6.45) is 3.39. The van der Waals surface area contributed by atoms with E-state index in [-0.39, 0.29) is 0 Å². The van der Waals surface area contributed by atoms with Crippen LogP contribution in [0.2, 0.25) is 0 Å². The molecule has 80 valence electrons. The first-order valence-corrected chi connectivity index (χ1v) is 4.81. The molecule has 0 saturated carbocycles. The number of amides is 1. The first-order valence-electron chi connectivity index (χ1n) is 4.81. The highest BCUT2D eigenvalue weighted by molar-refractivity contribution is 6.06. The minimum absolute atomic E-state index is 0.384. The highest BCUT2D eigenvalue weighted by atomic mass is 16.1. The Labute approximate surface area is 91.1 Å². The topological polar surface area (TPSA) is 83.7 Å². The summed E-state index contributed by atoms with van der Waals surface area (Å²) in [5, 5.41) is 3.79. The van der Waals surface area contributed by atoms with Crippen molar-refractivity contribution in [1.82, 2.24) is 9.55 Å². The quantitative estimate of drug-likeness (QED) is 0.438. The molecule has 0 atom stereocenters. The zero-order chi connectivity index (χ0) is 11.5. The second-order valence-electron chi connectivity index (χ2n) is 3.19. The second-order valence-corrected chi connectivity index (χ2v) is 3.19. The highest BCUT2D eigenvalue weighted by Crippen LogP contribution is 2.18. The molecule has 2 aromatic rings. The number of rotatable bonds is 2. The van der Waals surface area contributed by atoms with Gasteiger partial charge in [-0.25, -0.2) is 4.98 Å². The van der Waals surface area contributed by atoms with Crippen molar-refractivity contribution < 1.29 is 4.79 Å². The molecule has 2 heterocycles. The Kier molecular flexibility index (Phi) is 2.57. The van der Waals surface area contributed by atoms with Crippen molar-refractivity contribution in [1.29, 1.82) is 0 Å². The van der Waals surface area contributed by atoms with Crippen molar-refractivity contribution in [2.75, 3.05) is 0 Å². The smallest absolute Gasteiger partial charge is 0.249 e. The average molecular weight is 215 g/mol. The maximum Gasteiger partial charge on any atom is 0.249 e. The molecule has 0 N–H and O–H groups in total. The maximum atomic E-state index is 11.5. The van der Waals surface area contributed by atoms with Crippen molar-refractivity contribution in [2.45, 2.75) is 13.5 Å². The zero-order valence-electron chi connectivity index (χ0n) is 8.66. The Hall–Kier alpha value is -2.33. The fourth-order valence-corrected chi connectivity index (χ4v) is 1.63. The monoisotopic (exact) mass is 215 g/mol. The standard InChI is InChI=1S/C10H9N5O/c1-2-15-6-4-7-8(10(16)13-14-11)3-5-12-9(7)15/h3-6H,2H2,1H3. The lowest BCUT2D eigenvalue weighted by molar-refractivity contribution is 0.100. The first kappa shape index (κ1) is 10.2. The molecule has 0 aliphatic carbocycles. The van der Waals surface area contributed by atoms with Gasteiger partial charge in [-0.1, -0.05) is 0 Å². The van der Waals surface area contributed by atoms with E-state index in [1.165, 1.54) is 6.20 Å². The van der Waals surface area contributed by atoms with Crippen LogP contribution in [-0.4, -0.2) is 15.5 Å². The lowest BCUT2D eigenvalue weighted by atomic mass is 10.2. The van der Waals surface area contributed by atoms with E-state index in [0.29, 0.717) is 10.9 Å². The van der Waals surface area contributed by atoms with Crippen molar-refractivity contribution >= 4 is 16.9 Å². The summed E-state index contributed by atoms with van der Waals surface area (Å²) in [7, 11) is 0. The van der Waals surface area contributed by atoms with Crippen LogP contribution in [0.3, 0.4) is 0 Å². The van der Waals surface area contributed by atoms with Crippen molar-refractivity contribution in [3.63, 3.8) is 0 Å². The Morgan fingerprint density at radius 3 is 3.12 bits per heavy atom. The third kappa shape index (κ3) is 1.51. The van der Waals surface area contributed by atoms with E-state index in [0.717, 1.165) is 12.2 Å². The molecule has 6 heteroatoms. The van der Waals surface area contributed by atoms with Crippen LogP contribution < -0.4 is 0 Å². The molecule has 0 spiro atoms. The van der Waals surface area contributed by atoms with Gasteiger partial charge in [-0.15, -0.1) is 0 Å². The summed E-state index contributed by atoms with van der Waals surface area (Å²) in [6, 6.07) is 3.35.